The zero-order valence-electron chi connectivity index (χ0n) is 18.5. The Kier molecular flexibility index (Phi) is 7.19. The van der Waals surface area contributed by atoms with E-state index >= 15 is 0 Å². The molecule has 0 unspecified atom stereocenters. The number of anilines is 2. The minimum Gasteiger partial charge on any atom is -0.451 e. The van der Waals surface area contributed by atoms with Gasteiger partial charge < -0.3 is 19.7 Å². The average molecular weight is 482 g/mol. The van der Waals surface area contributed by atoms with Crippen LogP contribution in [-0.4, -0.2) is 49.7 Å². The number of ether oxygens (including phenoxy) is 2. The van der Waals surface area contributed by atoms with Crippen LogP contribution in [0.1, 0.15) is 15.2 Å². The molecule has 10 heteroatoms. The molecule has 0 radical (unpaired) electrons. The molecule has 0 atom stereocenters. The first-order valence-electron chi connectivity index (χ1n) is 10.7. The fraction of sp³-hybridized carbons (Fsp3) is 0.250. The normalized spacial score (nSPS) is 13.4. The van der Waals surface area contributed by atoms with Gasteiger partial charge in [0.15, 0.2) is 6.61 Å². The lowest BCUT2D eigenvalue weighted by Gasteiger charge is -2.28. The van der Waals surface area contributed by atoms with E-state index in [1.165, 1.54) is 23.5 Å². The number of amides is 1. The van der Waals surface area contributed by atoms with Crippen molar-refractivity contribution in [3.05, 3.63) is 75.2 Å². The maximum atomic E-state index is 12.8. The predicted molar refractivity (Wildman–Crippen MR) is 130 cm³/mol. The second kappa shape index (κ2) is 10.4. The first-order chi connectivity index (χ1) is 16.4. The van der Waals surface area contributed by atoms with Gasteiger partial charge in [0, 0.05) is 24.7 Å². The van der Waals surface area contributed by atoms with Gasteiger partial charge >= 0.3 is 5.97 Å². The zero-order valence-corrected chi connectivity index (χ0v) is 19.3. The lowest BCUT2D eigenvalue weighted by atomic mass is 10.1. The number of esters is 1. The number of rotatable bonds is 7. The third-order valence-electron chi connectivity index (χ3n) is 5.41. The third kappa shape index (κ3) is 5.24. The Morgan fingerprint density at radius 1 is 1.15 bits per heavy atom. The van der Waals surface area contributed by atoms with E-state index in [0.29, 0.717) is 29.3 Å². The quantitative estimate of drug-likeness (QED) is 0.305. The molecule has 0 spiro atoms. The molecule has 1 aliphatic heterocycles. The van der Waals surface area contributed by atoms with Crippen LogP contribution in [0.2, 0.25) is 0 Å². The molecule has 1 aliphatic rings. The van der Waals surface area contributed by atoms with E-state index in [4.69, 9.17) is 9.47 Å². The molecular weight excluding hydrogens is 458 g/mol. The summed E-state index contributed by atoms with van der Waals surface area (Å²) in [4.78, 5) is 38.3. The van der Waals surface area contributed by atoms with Crippen molar-refractivity contribution >= 4 is 39.6 Å². The van der Waals surface area contributed by atoms with Crippen LogP contribution in [0.4, 0.5) is 16.4 Å². The molecule has 34 heavy (non-hydrogen) atoms. The van der Waals surface area contributed by atoms with Gasteiger partial charge in [-0.1, -0.05) is 36.4 Å². The lowest BCUT2D eigenvalue weighted by Crippen LogP contribution is -2.35. The van der Waals surface area contributed by atoms with Gasteiger partial charge in [-0.3, -0.25) is 14.9 Å². The van der Waals surface area contributed by atoms with Crippen LogP contribution < -0.4 is 10.2 Å². The molecule has 4 rings (SSSR count). The molecule has 1 aromatic heterocycles. The third-order valence-corrected chi connectivity index (χ3v) is 6.58. The summed E-state index contributed by atoms with van der Waals surface area (Å²) in [5.74, 6) is -1.18. The summed E-state index contributed by atoms with van der Waals surface area (Å²) < 4.78 is 10.7. The van der Waals surface area contributed by atoms with Crippen LogP contribution in [0.3, 0.4) is 0 Å². The highest BCUT2D eigenvalue weighted by molar-refractivity contribution is 7.18. The summed E-state index contributed by atoms with van der Waals surface area (Å²) in [7, 11) is 0. The van der Waals surface area contributed by atoms with E-state index in [9.17, 15) is 19.7 Å². The van der Waals surface area contributed by atoms with Gasteiger partial charge in [-0.15, -0.1) is 11.3 Å². The number of nitro benzene ring substituents is 1. The average Bonchev–Trinajstić information content (AvgIpc) is 3.30. The van der Waals surface area contributed by atoms with Crippen molar-refractivity contribution in [3.8, 4) is 11.1 Å². The fourth-order valence-electron chi connectivity index (χ4n) is 3.65. The first kappa shape index (κ1) is 23.4. The number of thiophene rings is 1. The summed E-state index contributed by atoms with van der Waals surface area (Å²) in [6.45, 7) is 3.71. The molecule has 9 nitrogen and oxygen atoms in total. The zero-order chi connectivity index (χ0) is 24.1. The highest BCUT2D eigenvalue weighted by Crippen LogP contribution is 2.39. The highest BCUT2D eigenvalue weighted by atomic mass is 32.1. The molecule has 0 saturated carbocycles. The number of nitrogens with zero attached hydrogens (tertiary/aromatic N) is 2. The molecule has 176 valence electrons. The summed E-state index contributed by atoms with van der Waals surface area (Å²) in [6.07, 6.45) is 0. The number of nitro groups is 1. The van der Waals surface area contributed by atoms with Crippen LogP contribution in [-0.2, 0) is 14.3 Å². The SMILES string of the molecule is Cc1c(NC(=O)COC(=O)c2cc(-c3ccccc3)c(N3CCOCC3)s2)cccc1[N+](=O)[O-]. The summed E-state index contributed by atoms with van der Waals surface area (Å²) in [5, 5.41) is 14.6. The van der Waals surface area contributed by atoms with Crippen molar-refractivity contribution in [3.63, 3.8) is 0 Å². The van der Waals surface area contributed by atoms with Gasteiger partial charge in [-0.2, -0.15) is 0 Å². The van der Waals surface area contributed by atoms with Crippen molar-refractivity contribution in [1.29, 1.82) is 0 Å². The number of hydrogen-bond donors (Lipinski definition) is 1. The molecule has 0 aliphatic carbocycles. The van der Waals surface area contributed by atoms with Crippen LogP contribution in [0.25, 0.3) is 11.1 Å². The molecule has 3 aromatic rings. The van der Waals surface area contributed by atoms with E-state index in [2.05, 4.69) is 10.2 Å². The smallest absolute Gasteiger partial charge is 0.348 e. The van der Waals surface area contributed by atoms with Crippen LogP contribution >= 0.6 is 11.3 Å². The van der Waals surface area contributed by atoms with Gasteiger partial charge in [-0.05, 0) is 24.6 Å². The van der Waals surface area contributed by atoms with Crippen molar-refractivity contribution in [2.75, 3.05) is 43.1 Å². The van der Waals surface area contributed by atoms with E-state index in [-0.39, 0.29) is 5.69 Å². The van der Waals surface area contributed by atoms with Gasteiger partial charge in [-0.25, -0.2) is 4.79 Å². The van der Waals surface area contributed by atoms with E-state index in [1.54, 1.807) is 19.1 Å². The van der Waals surface area contributed by atoms with Gasteiger partial charge in [0.2, 0.25) is 0 Å². The molecule has 2 heterocycles. The molecule has 0 bridgehead atoms. The van der Waals surface area contributed by atoms with Crippen LogP contribution in [0.15, 0.2) is 54.6 Å². The first-order valence-corrected chi connectivity index (χ1v) is 11.5. The lowest BCUT2D eigenvalue weighted by molar-refractivity contribution is -0.385. The highest BCUT2D eigenvalue weighted by Gasteiger charge is 2.23. The van der Waals surface area contributed by atoms with Crippen molar-refractivity contribution in [2.24, 2.45) is 0 Å². The summed E-state index contributed by atoms with van der Waals surface area (Å²) in [6, 6.07) is 16.0. The Hall–Kier alpha value is -3.76. The predicted octanol–water partition coefficient (Wildman–Crippen LogP) is 4.26. The van der Waals surface area contributed by atoms with E-state index in [0.717, 1.165) is 29.2 Å². The van der Waals surface area contributed by atoms with Gasteiger partial charge in [0.1, 0.15) is 4.88 Å². The second-order valence-electron chi connectivity index (χ2n) is 7.63. The number of carbonyl (C=O) groups excluding carboxylic acids is 2. The van der Waals surface area contributed by atoms with Crippen molar-refractivity contribution in [2.45, 2.75) is 6.92 Å². The Bertz CT molecular complexity index is 1200. The van der Waals surface area contributed by atoms with Crippen molar-refractivity contribution < 1.29 is 24.0 Å². The molecule has 1 N–H and O–H groups in total. The van der Waals surface area contributed by atoms with Crippen LogP contribution in [0.5, 0.6) is 0 Å². The monoisotopic (exact) mass is 481 g/mol. The Morgan fingerprint density at radius 3 is 2.59 bits per heavy atom. The Balaban J connectivity index is 1.47. The largest absolute Gasteiger partial charge is 0.451 e. The standard InChI is InChI=1S/C24H23N3O6S/c1-16-19(8-5-9-20(16)27(30)31)25-22(28)15-33-24(29)21-14-18(17-6-3-2-4-7-17)23(34-21)26-10-12-32-13-11-26/h2-9,14H,10-13,15H2,1H3,(H,25,28). The van der Waals surface area contributed by atoms with Crippen LogP contribution in [0, 0.1) is 17.0 Å². The van der Waals surface area contributed by atoms with Gasteiger partial charge in [0.05, 0.1) is 34.4 Å². The number of benzene rings is 2. The summed E-state index contributed by atoms with van der Waals surface area (Å²) >= 11 is 1.32. The Labute approximate surface area is 200 Å². The molecule has 1 saturated heterocycles. The molecule has 2 aromatic carbocycles. The molecular formula is C24H23N3O6S. The second-order valence-corrected chi connectivity index (χ2v) is 8.66. The van der Waals surface area contributed by atoms with Crippen molar-refractivity contribution in [1.82, 2.24) is 0 Å². The Morgan fingerprint density at radius 2 is 1.88 bits per heavy atom. The number of hydrogen-bond acceptors (Lipinski definition) is 8. The number of carbonyl (C=O) groups is 2. The maximum absolute atomic E-state index is 12.8. The van der Waals surface area contributed by atoms with Gasteiger partial charge in [0.25, 0.3) is 11.6 Å². The number of nitrogens with one attached hydrogen (secondary N) is 1. The maximum Gasteiger partial charge on any atom is 0.348 e. The van der Waals surface area contributed by atoms with E-state index < -0.39 is 23.4 Å². The topological polar surface area (TPSA) is 111 Å². The fourth-order valence-corrected chi connectivity index (χ4v) is 4.78. The van der Waals surface area contributed by atoms with E-state index in [1.807, 2.05) is 30.3 Å². The molecule has 1 amide bonds. The summed E-state index contributed by atoms with van der Waals surface area (Å²) in [5.41, 5.74) is 2.44. The number of morpholine rings is 1. The molecule has 1 fully saturated rings. The minimum atomic E-state index is -0.604. The minimum absolute atomic E-state index is 0.0996.